The molecule has 0 radical (unpaired) electrons. The van der Waals surface area contributed by atoms with E-state index in [9.17, 15) is 4.79 Å². The van der Waals surface area contributed by atoms with Crippen molar-refractivity contribution in [3.05, 3.63) is 28.2 Å². The van der Waals surface area contributed by atoms with Gasteiger partial charge in [0, 0.05) is 23.6 Å². The summed E-state index contributed by atoms with van der Waals surface area (Å²) in [5, 5.41) is 6.24. The fourth-order valence-electron chi connectivity index (χ4n) is 2.32. The van der Waals surface area contributed by atoms with Gasteiger partial charge in [-0.1, -0.05) is 13.0 Å². The van der Waals surface area contributed by atoms with Gasteiger partial charge in [0.05, 0.1) is 12.2 Å². The third kappa shape index (κ3) is 3.48. The maximum Gasteiger partial charge on any atom is 0.239 e. The number of hydrogen-bond donors (Lipinski definition) is 2. The van der Waals surface area contributed by atoms with Crippen molar-refractivity contribution in [3.8, 4) is 0 Å². The summed E-state index contributed by atoms with van der Waals surface area (Å²) >= 11 is 3.62. The Hall–Kier alpha value is -1.07. The molecule has 1 aromatic carbocycles. The molecule has 0 aliphatic carbocycles. The third-order valence-electron chi connectivity index (χ3n) is 3.36. The number of amides is 1. The van der Waals surface area contributed by atoms with Gasteiger partial charge in [0.1, 0.15) is 0 Å². The number of carbonyl (C=O) groups excluding carboxylic acids is 1. The quantitative estimate of drug-likeness (QED) is 0.890. The molecule has 1 aromatic rings. The first-order chi connectivity index (χ1) is 9.11. The molecule has 2 N–H and O–H groups in total. The molecule has 1 heterocycles. The monoisotopic (exact) mass is 325 g/mol. The summed E-state index contributed by atoms with van der Waals surface area (Å²) in [4.78, 5) is 13.5. The first kappa shape index (κ1) is 14.3. The van der Waals surface area contributed by atoms with Gasteiger partial charge in [-0.2, -0.15) is 0 Å². The lowest BCUT2D eigenvalue weighted by atomic mass is 10.1. The van der Waals surface area contributed by atoms with E-state index < -0.39 is 0 Å². The van der Waals surface area contributed by atoms with E-state index in [1.165, 1.54) is 5.56 Å². The van der Waals surface area contributed by atoms with E-state index in [-0.39, 0.29) is 5.91 Å². The number of carbonyl (C=O) groups is 1. The van der Waals surface area contributed by atoms with Crippen LogP contribution < -0.4 is 15.5 Å². The number of anilines is 1. The largest absolute Gasteiger partial charge is 0.360 e. The van der Waals surface area contributed by atoms with Gasteiger partial charge in [-0.05, 0) is 47.1 Å². The van der Waals surface area contributed by atoms with E-state index in [2.05, 4.69) is 63.5 Å². The van der Waals surface area contributed by atoms with Crippen LogP contribution in [0, 0.1) is 0 Å². The van der Waals surface area contributed by atoms with Crippen molar-refractivity contribution in [2.75, 3.05) is 31.1 Å². The molecule has 0 spiro atoms. The lowest BCUT2D eigenvalue weighted by Crippen LogP contribution is -2.47. The fraction of sp³-hybridized carbons (Fsp3) is 0.500. The van der Waals surface area contributed by atoms with Crippen LogP contribution in [-0.4, -0.2) is 32.1 Å². The minimum Gasteiger partial charge on any atom is -0.360 e. The molecule has 1 fully saturated rings. The van der Waals surface area contributed by atoms with E-state index in [4.69, 9.17) is 0 Å². The predicted molar refractivity (Wildman–Crippen MR) is 81.5 cm³/mol. The highest BCUT2D eigenvalue weighted by Gasteiger charge is 2.18. The molecule has 0 saturated carbocycles. The van der Waals surface area contributed by atoms with Crippen molar-refractivity contribution in [1.82, 2.24) is 10.6 Å². The van der Waals surface area contributed by atoms with Gasteiger partial charge in [0.2, 0.25) is 5.91 Å². The maximum absolute atomic E-state index is 11.4. The highest BCUT2D eigenvalue weighted by molar-refractivity contribution is 9.10. The second-order valence-electron chi connectivity index (χ2n) is 4.76. The zero-order valence-electron chi connectivity index (χ0n) is 11.4. The second-order valence-corrected chi connectivity index (χ2v) is 5.62. The molecular formula is C14H20BrN3O. The molecule has 1 saturated heterocycles. The van der Waals surface area contributed by atoms with Crippen LogP contribution in [-0.2, 0) is 4.79 Å². The van der Waals surface area contributed by atoms with Gasteiger partial charge < -0.3 is 15.5 Å². The molecule has 0 bridgehead atoms. The van der Waals surface area contributed by atoms with E-state index >= 15 is 0 Å². The number of nitrogens with one attached hydrogen (secondary N) is 2. The topological polar surface area (TPSA) is 44.4 Å². The number of nitrogens with zero attached hydrogens (tertiary/aromatic N) is 1. The van der Waals surface area contributed by atoms with Gasteiger partial charge >= 0.3 is 0 Å². The van der Waals surface area contributed by atoms with E-state index in [0.29, 0.717) is 19.1 Å². The van der Waals surface area contributed by atoms with Gasteiger partial charge in [0.25, 0.3) is 0 Å². The van der Waals surface area contributed by atoms with E-state index in [1.54, 1.807) is 0 Å². The summed E-state index contributed by atoms with van der Waals surface area (Å²) in [5.41, 5.74) is 2.33. The van der Waals surface area contributed by atoms with Crippen LogP contribution in [0.2, 0.25) is 0 Å². The SMILES string of the molecule is CCNC(C)c1ccc(N2CCNC(=O)C2)c(Br)c1. The Morgan fingerprint density at radius 1 is 1.53 bits per heavy atom. The second kappa shape index (κ2) is 6.39. The lowest BCUT2D eigenvalue weighted by molar-refractivity contribution is -0.120. The Morgan fingerprint density at radius 2 is 2.32 bits per heavy atom. The molecule has 5 heteroatoms. The van der Waals surface area contributed by atoms with Crippen molar-refractivity contribution >= 4 is 27.5 Å². The Kier molecular flexibility index (Phi) is 4.82. The zero-order chi connectivity index (χ0) is 13.8. The van der Waals surface area contributed by atoms with Crippen LogP contribution in [0.15, 0.2) is 22.7 Å². The number of benzene rings is 1. The molecule has 1 aliphatic rings. The number of halogens is 1. The smallest absolute Gasteiger partial charge is 0.239 e. The van der Waals surface area contributed by atoms with Crippen LogP contribution >= 0.6 is 15.9 Å². The first-order valence-electron chi connectivity index (χ1n) is 6.66. The van der Waals surface area contributed by atoms with Gasteiger partial charge in [-0.15, -0.1) is 0 Å². The van der Waals surface area contributed by atoms with Crippen LogP contribution in [0.3, 0.4) is 0 Å². The molecular weight excluding hydrogens is 306 g/mol. The Labute approximate surface area is 122 Å². The summed E-state index contributed by atoms with van der Waals surface area (Å²) in [6.07, 6.45) is 0. The average molecular weight is 326 g/mol. The Morgan fingerprint density at radius 3 is 2.95 bits per heavy atom. The zero-order valence-corrected chi connectivity index (χ0v) is 13.0. The lowest BCUT2D eigenvalue weighted by Gasteiger charge is -2.30. The number of hydrogen-bond acceptors (Lipinski definition) is 3. The van der Waals surface area contributed by atoms with Crippen LogP contribution in [0.4, 0.5) is 5.69 Å². The fourth-order valence-corrected chi connectivity index (χ4v) is 2.96. The third-order valence-corrected chi connectivity index (χ3v) is 4.00. The predicted octanol–water partition coefficient (Wildman–Crippen LogP) is 2.06. The Bertz CT molecular complexity index is 464. The minimum absolute atomic E-state index is 0.0863. The van der Waals surface area contributed by atoms with Gasteiger partial charge in [-0.25, -0.2) is 0 Å². The highest BCUT2D eigenvalue weighted by atomic mass is 79.9. The van der Waals surface area contributed by atoms with Crippen molar-refractivity contribution < 1.29 is 4.79 Å². The molecule has 2 rings (SSSR count). The van der Waals surface area contributed by atoms with Crippen molar-refractivity contribution in [3.63, 3.8) is 0 Å². The van der Waals surface area contributed by atoms with Gasteiger partial charge in [-0.3, -0.25) is 4.79 Å². The van der Waals surface area contributed by atoms with Crippen LogP contribution in [0.5, 0.6) is 0 Å². The maximum atomic E-state index is 11.4. The van der Waals surface area contributed by atoms with E-state index in [0.717, 1.165) is 23.2 Å². The molecule has 0 aromatic heterocycles. The summed E-state index contributed by atoms with van der Waals surface area (Å²) < 4.78 is 1.05. The highest BCUT2D eigenvalue weighted by Crippen LogP contribution is 2.29. The van der Waals surface area contributed by atoms with E-state index in [1.807, 2.05) is 0 Å². The van der Waals surface area contributed by atoms with Crippen LogP contribution in [0.1, 0.15) is 25.5 Å². The van der Waals surface area contributed by atoms with Crippen molar-refractivity contribution in [2.45, 2.75) is 19.9 Å². The summed E-state index contributed by atoms with van der Waals surface area (Å²) in [6.45, 7) is 7.20. The molecule has 104 valence electrons. The number of piperazine rings is 1. The standard InChI is InChI=1S/C14H20BrN3O/c1-3-16-10(2)11-4-5-13(12(15)8-11)18-7-6-17-14(19)9-18/h4-5,8,10,16H,3,6-7,9H2,1-2H3,(H,17,19). The van der Waals surface area contributed by atoms with Gasteiger partial charge in [0.15, 0.2) is 0 Å². The molecule has 1 amide bonds. The van der Waals surface area contributed by atoms with Crippen LogP contribution in [0.25, 0.3) is 0 Å². The molecule has 1 atom stereocenters. The summed E-state index contributed by atoms with van der Waals surface area (Å²) in [7, 11) is 0. The number of rotatable bonds is 4. The molecule has 4 nitrogen and oxygen atoms in total. The average Bonchev–Trinajstić information content (AvgIpc) is 2.38. The van der Waals surface area contributed by atoms with Crippen molar-refractivity contribution in [1.29, 1.82) is 0 Å². The molecule has 1 unspecified atom stereocenters. The normalized spacial score (nSPS) is 17.2. The Balaban J connectivity index is 2.16. The van der Waals surface area contributed by atoms with Crippen molar-refractivity contribution in [2.24, 2.45) is 0 Å². The molecule has 1 aliphatic heterocycles. The first-order valence-corrected chi connectivity index (χ1v) is 7.45. The summed E-state index contributed by atoms with van der Waals surface area (Å²) in [6, 6.07) is 6.68. The molecule has 19 heavy (non-hydrogen) atoms. The minimum atomic E-state index is 0.0863. The summed E-state index contributed by atoms with van der Waals surface area (Å²) in [5.74, 6) is 0.0863.